The summed E-state index contributed by atoms with van der Waals surface area (Å²) in [6.07, 6.45) is 5.08. The lowest BCUT2D eigenvalue weighted by Crippen LogP contribution is -2.42. The van der Waals surface area contributed by atoms with E-state index < -0.39 is 10.0 Å². The molecule has 0 atom stereocenters. The highest BCUT2D eigenvalue weighted by atomic mass is 32.2. The number of carbonyl (C=O) groups excluding carboxylic acids is 2. The molecule has 1 aliphatic rings. The van der Waals surface area contributed by atoms with Crippen molar-refractivity contribution in [2.75, 3.05) is 26.4 Å². The van der Waals surface area contributed by atoms with Crippen LogP contribution in [0.2, 0.25) is 0 Å². The van der Waals surface area contributed by atoms with E-state index in [2.05, 4.69) is 17.6 Å². The number of hydrogen-bond acceptors (Lipinski definition) is 5. The summed E-state index contributed by atoms with van der Waals surface area (Å²) in [5.74, 6) is -0.140. The Balaban J connectivity index is 1.71. The van der Waals surface area contributed by atoms with Crippen molar-refractivity contribution in [2.45, 2.75) is 45.1 Å². The fraction of sp³-hybridized carbons (Fsp3) is 0.667. The number of aryl methyl sites for hydroxylation is 1. The Morgan fingerprint density at radius 2 is 1.89 bits per heavy atom. The average Bonchev–Trinajstić information content (AvgIpc) is 3.10. The van der Waals surface area contributed by atoms with Gasteiger partial charge >= 0.3 is 0 Å². The number of nitrogens with one attached hydrogen (secondary N) is 2. The van der Waals surface area contributed by atoms with Crippen molar-refractivity contribution in [3.8, 4) is 0 Å². The SMILES string of the molecule is CCc1ccc(C(=O)NC2CCC(C(=O)NCCN(C)S(C)(=O)=O)CC2)s1. The molecule has 152 valence electrons. The molecule has 2 N–H and O–H groups in total. The van der Waals surface area contributed by atoms with E-state index in [-0.39, 0.29) is 30.3 Å². The molecular weight excluding hydrogens is 386 g/mol. The number of amides is 2. The molecular formula is C18H29N3O4S2. The van der Waals surface area contributed by atoms with Crippen molar-refractivity contribution < 1.29 is 18.0 Å². The molecule has 9 heteroatoms. The van der Waals surface area contributed by atoms with Crippen LogP contribution in [-0.2, 0) is 21.2 Å². The number of likely N-dealkylation sites (N-methyl/N-ethyl adjacent to an activating group) is 1. The molecule has 0 radical (unpaired) electrons. The number of thiophene rings is 1. The summed E-state index contributed by atoms with van der Waals surface area (Å²) < 4.78 is 23.9. The van der Waals surface area contributed by atoms with Gasteiger partial charge in [0.05, 0.1) is 11.1 Å². The number of rotatable bonds is 8. The molecule has 0 aromatic carbocycles. The molecule has 7 nitrogen and oxygen atoms in total. The van der Waals surface area contributed by atoms with Gasteiger partial charge in [-0.2, -0.15) is 0 Å². The molecule has 0 aliphatic heterocycles. The van der Waals surface area contributed by atoms with Crippen LogP contribution in [0.15, 0.2) is 12.1 Å². The zero-order valence-electron chi connectivity index (χ0n) is 16.2. The van der Waals surface area contributed by atoms with Gasteiger partial charge in [-0.05, 0) is 44.2 Å². The predicted octanol–water partition coefficient (Wildman–Crippen LogP) is 1.61. The third kappa shape index (κ3) is 6.58. The van der Waals surface area contributed by atoms with Gasteiger partial charge in [0.15, 0.2) is 0 Å². The number of carbonyl (C=O) groups is 2. The standard InChI is InChI=1S/C18H29N3O4S2/c1-4-15-9-10-16(26-15)18(23)20-14-7-5-13(6-8-14)17(22)19-11-12-21(2)27(3,24)25/h9-10,13-14H,4-8,11-12H2,1-3H3,(H,19,22)(H,20,23). The largest absolute Gasteiger partial charge is 0.355 e. The minimum Gasteiger partial charge on any atom is -0.355 e. The maximum atomic E-state index is 12.3. The first-order chi connectivity index (χ1) is 12.7. The quantitative estimate of drug-likeness (QED) is 0.674. The van der Waals surface area contributed by atoms with Crippen molar-refractivity contribution in [2.24, 2.45) is 5.92 Å². The first-order valence-corrected chi connectivity index (χ1v) is 12.0. The summed E-state index contributed by atoms with van der Waals surface area (Å²) in [5, 5.41) is 5.89. The van der Waals surface area contributed by atoms with Gasteiger partial charge in [0.25, 0.3) is 5.91 Å². The Morgan fingerprint density at radius 1 is 1.22 bits per heavy atom. The van der Waals surface area contributed by atoms with Gasteiger partial charge in [-0.15, -0.1) is 11.3 Å². The summed E-state index contributed by atoms with van der Waals surface area (Å²) in [5.41, 5.74) is 0. The van der Waals surface area contributed by atoms with E-state index in [0.717, 1.165) is 43.2 Å². The zero-order valence-corrected chi connectivity index (χ0v) is 17.8. The first kappa shape index (κ1) is 21.8. The van der Waals surface area contributed by atoms with Gasteiger partial charge in [0, 0.05) is 37.0 Å². The van der Waals surface area contributed by atoms with Gasteiger partial charge in [0.1, 0.15) is 0 Å². The molecule has 0 unspecified atom stereocenters. The maximum absolute atomic E-state index is 12.3. The molecule has 27 heavy (non-hydrogen) atoms. The summed E-state index contributed by atoms with van der Waals surface area (Å²) in [6, 6.07) is 3.96. The van der Waals surface area contributed by atoms with E-state index in [4.69, 9.17) is 0 Å². The summed E-state index contributed by atoms with van der Waals surface area (Å²) in [4.78, 5) is 26.5. The van der Waals surface area contributed by atoms with Crippen LogP contribution in [0.25, 0.3) is 0 Å². The fourth-order valence-corrected chi connectivity index (χ4v) is 4.37. The zero-order chi connectivity index (χ0) is 20.0. The second kappa shape index (κ2) is 9.66. The van der Waals surface area contributed by atoms with Crippen LogP contribution in [0, 0.1) is 5.92 Å². The molecule has 1 aliphatic carbocycles. The third-order valence-electron chi connectivity index (χ3n) is 4.96. The highest BCUT2D eigenvalue weighted by Gasteiger charge is 2.27. The fourth-order valence-electron chi connectivity index (χ4n) is 3.09. The van der Waals surface area contributed by atoms with Gasteiger partial charge in [-0.3, -0.25) is 9.59 Å². The van der Waals surface area contributed by atoms with Gasteiger partial charge in [-0.1, -0.05) is 6.92 Å². The van der Waals surface area contributed by atoms with Crippen LogP contribution >= 0.6 is 11.3 Å². The number of sulfonamides is 1. The monoisotopic (exact) mass is 415 g/mol. The molecule has 2 amide bonds. The van der Waals surface area contributed by atoms with E-state index in [1.807, 2.05) is 12.1 Å². The Labute approximate surface area is 165 Å². The van der Waals surface area contributed by atoms with Gasteiger partial charge in [0.2, 0.25) is 15.9 Å². The first-order valence-electron chi connectivity index (χ1n) is 9.29. The number of hydrogen-bond donors (Lipinski definition) is 2. The average molecular weight is 416 g/mol. The lowest BCUT2D eigenvalue weighted by Gasteiger charge is -2.28. The van der Waals surface area contributed by atoms with Crippen molar-refractivity contribution in [3.05, 3.63) is 21.9 Å². The highest BCUT2D eigenvalue weighted by molar-refractivity contribution is 7.88. The Kier molecular flexibility index (Phi) is 7.81. The molecule has 1 saturated carbocycles. The normalized spacial score (nSPS) is 20.4. The molecule has 0 saturated heterocycles. The van der Waals surface area contributed by atoms with Gasteiger partial charge in [-0.25, -0.2) is 12.7 Å². The van der Waals surface area contributed by atoms with Crippen molar-refractivity contribution in [1.29, 1.82) is 0 Å². The molecule has 1 fully saturated rings. The van der Waals surface area contributed by atoms with Crippen LogP contribution in [0.1, 0.15) is 47.2 Å². The lowest BCUT2D eigenvalue weighted by molar-refractivity contribution is -0.126. The smallest absolute Gasteiger partial charge is 0.261 e. The lowest BCUT2D eigenvalue weighted by atomic mass is 9.85. The van der Waals surface area contributed by atoms with E-state index in [1.165, 1.54) is 27.6 Å². The minimum atomic E-state index is -3.23. The minimum absolute atomic E-state index is 0.0311. The van der Waals surface area contributed by atoms with Crippen LogP contribution in [0.5, 0.6) is 0 Å². The highest BCUT2D eigenvalue weighted by Crippen LogP contribution is 2.25. The summed E-state index contributed by atoms with van der Waals surface area (Å²) >= 11 is 1.53. The van der Waals surface area contributed by atoms with Crippen molar-refractivity contribution >= 4 is 33.2 Å². The molecule has 2 rings (SSSR count). The maximum Gasteiger partial charge on any atom is 0.261 e. The summed E-state index contributed by atoms with van der Waals surface area (Å²) in [7, 11) is -1.73. The van der Waals surface area contributed by atoms with Crippen molar-refractivity contribution in [1.82, 2.24) is 14.9 Å². The Bertz CT molecular complexity index is 752. The van der Waals surface area contributed by atoms with Crippen LogP contribution < -0.4 is 10.6 Å². The second-order valence-corrected chi connectivity index (χ2v) is 10.3. The second-order valence-electron chi connectivity index (χ2n) is 7.02. The third-order valence-corrected chi connectivity index (χ3v) is 7.50. The van der Waals surface area contributed by atoms with Crippen LogP contribution in [0.3, 0.4) is 0 Å². The number of nitrogens with zero attached hydrogens (tertiary/aromatic N) is 1. The molecule has 1 aromatic heterocycles. The topological polar surface area (TPSA) is 95.6 Å². The molecule has 0 bridgehead atoms. The predicted molar refractivity (Wildman–Crippen MR) is 107 cm³/mol. The summed E-state index contributed by atoms with van der Waals surface area (Å²) in [6.45, 7) is 2.63. The Morgan fingerprint density at radius 3 is 2.44 bits per heavy atom. The van der Waals surface area contributed by atoms with E-state index >= 15 is 0 Å². The van der Waals surface area contributed by atoms with E-state index in [1.54, 1.807) is 0 Å². The van der Waals surface area contributed by atoms with E-state index in [0.29, 0.717) is 6.54 Å². The molecule has 0 spiro atoms. The van der Waals surface area contributed by atoms with Crippen LogP contribution in [-0.4, -0.2) is 57.0 Å². The van der Waals surface area contributed by atoms with Crippen molar-refractivity contribution in [3.63, 3.8) is 0 Å². The Hall–Kier alpha value is -1.45. The van der Waals surface area contributed by atoms with Crippen LogP contribution in [0.4, 0.5) is 0 Å². The molecule has 1 aromatic rings. The van der Waals surface area contributed by atoms with E-state index in [9.17, 15) is 18.0 Å². The molecule has 1 heterocycles. The van der Waals surface area contributed by atoms with Gasteiger partial charge < -0.3 is 10.6 Å².